The first-order valence-electron chi connectivity index (χ1n) is 5.98. The second kappa shape index (κ2) is 7.16. The van der Waals surface area contributed by atoms with Gasteiger partial charge in [-0.15, -0.1) is 0 Å². The summed E-state index contributed by atoms with van der Waals surface area (Å²) >= 11 is 1.80. The molecule has 0 heterocycles. The zero-order valence-corrected chi connectivity index (χ0v) is 12.0. The zero-order valence-electron chi connectivity index (χ0n) is 11.2. The predicted molar refractivity (Wildman–Crippen MR) is 80.5 cm³/mol. The predicted octanol–water partition coefficient (Wildman–Crippen LogP) is 1.82. The van der Waals surface area contributed by atoms with Crippen LogP contribution < -0.4 is 16.0 Å². The standard InChI is InChI=1S/C13H21N3OS/c1-4-15-13(17)10-5-6-12(11(14)9-10)16(2)7-8-18-3/h5-6,9H,4,7-8,14H2,1-3H3,(H,15,17). The van der Waals surface area contributed by atoms with E-state index in [2.05, 4.69) is 16.5 Å². The maximum atomic E-state index is 11.7. The molecule has 0 unspecified atom stereocenters. The number of hydrogen-bond acceptors (Lipinski definition) is 4. The van der Waals surface area contributed by atoms with E-state index in [-0.39, 0.29) is 5.91 Å². The molecule has 0 radical (unpaired) electrons. The van der Waals surface area contributed by atoms with E-state index in [1.807, 2.05) is 26.1 Å². The number of thioether (sulfide) groups is 1. The Bertz CT molecular complexity index is 409. The lowest BCUT2D eigenvalue weighted by Crippen LogP contribution is -2.24. The Morgan fingerprint density at radius 3 is 2.78 bits per heavy atom. The van der Waals surface area contributed by atoms with Gasteiger partial charge in [0.1, 0.15) is 0 Å². The highest BCUT2D eigenvalue weighted by atomic mass is 32.2. The van der Waals surface area contributed by atoms with Crippen LogP contribution in [0.2, 0.25) is 0 Å². The first kappa shape index (κ1) is 14.7. The van der Waals surface area contributed by atoms with Crippen LogP contribution in [0.4, 0.5) is 11.4 Å². The van der Waals surface area contributed by atoms with Gasteiger partial charge in [0.25, 0.3) is 5.91 Å². The van der Waals surface area contributed by atoms with Crippen LogP contribution in [0.25, 0.3) is 0 Å². The van der Waals surface area contributed by atoms with Gasteiger partial charge in [-0.3, -0.25) is 4.79 Å². The summed E-state index contributed by atoms with van der Waals surface area (Å²) in [6, 6.07) is 5.45. The number of carbonyl (C=O) groups excluding carboxylic acids is 1. The van der Waals surface area contributed by atoms with Crippen LogP contribution in [0.3, 0.4) is 0 Å². The van der Waals surface area contributed by atoms with Crippen molar-refractivity contribution in [2.24, 2.45) is 0 Å². The van der Waals surface area contributed by atoms with Crippen LogP contribution in [0, 0.1) is 0 Å². The van der Waals surface area contributed by atoms with E-state index in [0.717, 1.165) is 18.0 Å². The summed E-state index contributed by atoms with van der Waals surface area (Å²) in [7, 11) is 2.01. The number of anilines is 2. The molecule has 0 aliphatic rings. The third-order valence-corrected chi connectivity index (χ3v) is 3.26. The molecule has 0 saturated carbocycles. The second-order valence-corrected chi connectivity index (χ2v) is 5.03. The first-order chi connectivity index (χ1) is 8.60. The molecule has 0 atom stereocenters. The van der Waals surface area contributed by atoms with Crippen molar-refractivity contribution in [3.63, 3.8) is 0 Å². The molecule has 100 valence electrons. The lowest BCUT2D eigenvalue weighted by molar-refractivity contribution is 0.0956. The maximum absolute atomic E-state index is 11.7. The minimum Gasteiger partial charge on any atom is -0.397 e. The van der Waals surface area contributed by atoms with Gasteiger partial charge in [0.15, 0.2) is 0 Å². The summed E-state index contributed by atoms with van der Waals surface area (Å²) in [5.41, 5.74) is 8.22. The summed E-state index contributed by atoms with van der Waals surface area (Å²) in [6.07, 6.45) is 2.08. The van der Waals surface area contributed by atoms with Gasteiger partial charge in [0.2, 0.25) is 0 Å². The number of nitrogen functional groups attached to an aromatic ring is 1. The highest BCUT2D eigenvalue weighted by Gasteiger charge is 2.09. The van der Waals surface area contributed by atoms with Crippen LogP contribution in [0.15, 0.2) is 18.2 Å². The van der Waals surface area contributed by atoms with Crippen LogP contribution in [0.5, 0.6) is 0 Å². The summed E-state index contributed by atoms with van der Waals surface area (Å²) in [4.78, 5) is 13.8. The molecule has 1 aromatic carbocycles. The quantitative estimate of drug-likeness (QED) is 0.772. The van der Waals surface area contributed by atoms with Gasteiger partial charge < -0.3 is 16.0 Å². The molecule has 1 aromatic rings. The molecule has 18 heavy (non-hydrogen) atoms. The Labute approximate surface area is 113 Å². The van der Waals surface area contributed by atoms with E-state index in [1.54, 1.807) is 17.8 Å². The van der Waals surface area contributed by atoms with Gasteiger partial charge >= 0.3 is 0 Å². The van der Waals surface area contributed by atoms with Crippen LogP contribution in [-0.2, 0) is 0 Å². The number of benzene rings is 1. The molecule has 0 spiro atoms. The third-order valence-electron chi connectivity index (χ3n) is 2.67. The van der Waals surface area contributed by atoms with Crippen molar-refractivity contribution < 1.29 is 4.79 Å². The lowest BCUT2D eigenvalue weighted by Gasteiger charge is -2.21. The molecule has 3 N–H and O–H groups in total. The zero-order chi connectivity index (χ0) is 13.5. The van der Waals surface area contributed by atoms with Crippen molar-refractivity contribution in [3.05, 3.63) is 23.8 Å². The number of hydrogen-bond donors (Lipinski definition) is 2. The van der Waals surface area contributed by atoms with E-state index in [9.17, 15) is 4.79 Å². The summed E-state index contributed by atoms with van der Waals surface area (Å²) < 4.78 is 0. The van der Waals surface area contributed by atoms with E-state index < -0.39 is 0 Å². The monoisotopic (exact) mass is 267 g/mol. The van der Waals surface area contributed by atoms with Crippen LogP contribution >= 0.6 is 11.8 Å². The van der Waals surface area contributed by atoms with E-state index in [0.29, 0.717) is 17.8 Å². The Morgan fingerprint density at radius 2 is 2.22 bits per heavy atom. The van der Waals surface area contributed by atoms with Crippen molar-refractivity contribution in [2.75, 3.05) is 42.8 Å². The highest BCUT2D eigenvalue weighted by Crippen LogP contribution is 2.23. The van der Waals surface area contributed by atoms with Crippen molar-refractivity contribution in [3.8, 4) is 0 Å². The van der Waals surface area contributed by atoms with Gasteiger partial charge in [-0.05, 0) is 31.4 Å². The Hall–Kier alpha value is -1.36. The molecule has 0 fully saturated rings. The lowest BCUT2D eigenvalue weighted by atomic mass is 10.1. The minimum absolute atomic E-state index is 0.0810. The molecule has 0 aliphatic heterocycles. The number of amides is 1. The summed E-state index contributed by atoms with van der Waals surface area (Å²) in [5.74, 6) is 0.969. The average Bonchev–Trinajstić information content (AvgIpc) is 2.36. The topological polar surface area (TPSA) is 58.4 Å². The molecule has 0 aromatic heterocycles. The number of rotatable bonds is 6. The van der Waals surface area contributed by atoms with Crippen molar-refractivity contribution >= 4 is 29.0 Å². The minimum atomic E-state index is -0.0810. The molecule has 4 nitrogen and oxygen atoms in total. The largest absolute Gasteiger partial charge is 0.397 e. The second-order valence-electron chi connectivity index (χ2n) is 4.05. The fourth-order valence-electron chi connectivity index (χ4n) is 1.65. The molecule has 1 amide bonds. The smallest absolute Gasteiger partial charge is 0.251 e. The number of carbonyl (C=O) groups is 1. The van der Waals surface area contributed by atoms with Crippen molar-refractivity contribution in [1.29, 1.82) is 0 Å². The van der Waals surface area contributed by atoms with Gasteiger partial charge in [-0.1, -0.05) is 0 Å². The van der Waals surface area contributed by atoms with Crippen molar-refractivity contribution in [2.45, 2.75) is 6.92 Å². The van der Waals surface area contributed by atoms with E-state index in [4.69, 9.17) is 5.73 Å². The van der Waals surface area contributed by atoms with Crippen LogP contribution in [0.1, 0.15) is 17.3 Å². The molecular weight excluding hydrogens is 246 g/mol. The van der Waals surface area contributed by atoms with Gasteiger partial charge in [0, 0.05) is 31.5 Å². The molecule has 0 aliphatic carbocycles. The normalized spacial score (nSPS) is 10.2. The SMILES string of the molecule is CCNC(=O)c1ccc(N(C)CCSC)c(N)c1. The average molecular weight is 267 g/mol. The van der Waals surface area contributed by atoms with Gasteiger partial charge in [0.05, 0.1) is 11.4 Å². The molecule has 5 heteroatoms. The Kier molecular flexibility index (Phi) is 5.85. The molecule has 0 saturated heterocycles. The van der Waals surface area contributed by atoms with Gasteiger partial charge in [-0.2, -0.15) is 11.8 Å². The summed E-state index contributed by atoms with van der Waals surface area (Å²) in [6.45, 7) is 3.45. The molecule has 1 rings (SSSR count). The fraction of sp³-hybridized carbons (Fsp3) is 0.462. The van der Waals surface area contributed by atoms with Gasteiger partial charge in [-0.25, -0.2) is 0 Å². The fourth-order valence-corrected chi connectivity index (χ4v) is 2.11. The maximum Gasteiger partial charge on any atom is 0.251 e. The van der Waals surface area contributed by atoms with Crippen LogP contribution in [-0.4, -0.2) is 38.1 Å². The Morgan fingerprint density at radius 1 is 1.50 bits per heavy atom. The highest BCUT2D eigenvalue weighted by molar-refractivity contribution is 7.98. The summed E-state index contributed by atoms with van der Waals surface area (Å²) in [5, 5.41) is 2.76. The van der Waals surface area contributed by atoms with E-state index >= 15 is 0 Å². The molecule has 0 bridgehead atoms. The first-order valence-corrected chi connectivity index (χ1v) is 7.37. The third kappa shape index (κ3) is 3.84. The van der Waals surface area contributed by atoms with E-state index in [1.165, 1.54) is 0 Å². The molecular formula is C13H21N3OS. The number of nitrogens with zero attached hydrogens (tertiary/aromatic N) is 1. The number of nitrogens with one attached hydrogen (secondary N) is 1. The van der Waals surface area contributed by atoms with Crippen molar-refractivity contribution in [1.82, 2.24) is 5.32 Å². The number of nitrogens with two attached hydrogens (primary N) is 1. The Balaban J connectivity index is 2.82.